The van der Waals surface area contributed by atoms with Gasteiger partial charge in [-0.05, 0) is 37.6 Å². The Morgan fingerprint density at radius 2 is 1.76 bits per heavy atom. The number of benzene rings is 1. The molecule has 0 N–H and O–H groups in total. The minimum Gasteiger partial charge on any atom is -0.490 e. The fourth-order valence-electron chi connectivity index (χ4n) is 1.33. The summed E-state index contributed by atoms with van der Waals surface area (Å²) in [6.45, 7) is 5.16. The van der Waals surface area contributed by atoms with E-state index in [1.165, 1.54) is 0 Å². The molecule has 0 aromatic heterocycles. The van der Waals surface area contributed by atoms with E-state index in [-0.39, 0.29) is 0 Å². The molecule has 0 aliphatic rings. The molecule has 0 bridgehead atoms. The first kappa shape index (κ1) is 13.4. The quantitative estimate of drug-likeness (QED) is 0.562. The summed E-state index contributed by atoms with van der Waals surface area (Å²) >= 11 is 0. The largest absolute Gasteiger partial charge is 0.490 e. The summed E-state index contributed by atoms with van der Waals surface area (Å²) in [7, 11) is 3.77. The van der Waals surface area contributed by atoms with Crippen LogP contribution in [0.15, 0.2) is 23.3 Å². The van der Waals surface area contributed by atoms with Crippen LogP contribution in [-0.2, 0) is 0 Å². The van der Waals surface area contributed by atoms with Crippen LogP contribution < -0.4 is 9.47 Å². The van der Waals surface area contributed by atoms with Crippen molar-refractivity contribution in [3.8, 4) is 11.5 Å². The van der Waals surface area contributed by atoms with Crippen molar-refractivity contribution in [1.82, 2.24) is 5.01 Å². The molecule has 0 spiro atoms. The molecule has 0 aliphatic heterocycles. The summed E-state index contributed by atoms with van der Waals surface area (Å²) in [5.41, 5.74) is 0.991. The zero-order chi connectivity index (χ0) is 12.7. The van der Waals surface area contributed by atoms with E-state index < -0.39 is 0 Å². The smallest absolute Gasteiger partial charge is 0.161 e. The standard InChI is InChI=1S/C13H20N2O2/c1-5-16-12-8-7-11(10-14-15(3)4)9-13(12)17-6-2/h7-10H,5-6H2,1-4H3. The van der Waals surface area contributed by atoms with Crippen LogP contribution in [0.5, 0.6) is 11.5 Å². The van der Waals surface area contributed by atoms with Crippen molar-refractivity contribution in [3.05, 3.63) is 23.8 Å². The predicted octanol–water partition coefficient (Wildman–Crippen LogP) is 2.38. The molecular weight excluding hydrogens is 216 g/mol. The molecule has 1 aromatic rings. The van der Waals surface area contributed by atoms with Crippen LogP contribution >= 0.6 is 0 Å². The Bertz CT molecular complexity index is 376. The third-order valence-corrected chi connectivity index (χ3v) is 2.01. The molecule has 0 saturated heterocycles. The van der Waals surface area contributed by atoms with Crippen molar-refractivity contribution in [3.63, 3.8) is 0 Å². The maximum absolute atomic E-state index is 5.54. The number of ether oxygens (including phenoxy) is 2. The van der Waals surface area contributed by atoms with Crippen LogP contribution in [0.3, 0.4) is 0 Å². The van der Waals surface area contributed by atoms with Crippen molar-refractivity contribution < 1.29 is 9.47 Å². The first-order valence-corrected chi connectivity index (χ1v) is 5.78. The van der Waals surface area contributed by atoms with Gasteiger partial charge in [-0.3, -0.25) is 0 Å². The summed E-state index contributed by atoms with van der Waals surface area (Å²) in [5, 5.41) is 5.93. The van der Waals surface area contributed by atoms with E-state index in [9.17, 15) is 0 Å². The number of hydrogen-bond donors (Lipinski definition) is 0. The topological polar surface area (TPSA) is 34.1 Å². The summed E-state index contributed by atoms with van der Waals surface area (Å²) in [4.78, 5) is 0. The molecule has 0 radical (unpaired) electrons. The van der Waals surface area contributed by atoms with Crippen molar-refractivity contribution in [2.45, 2.75) is 13.8 Å². The zero-order valence-electron chi connectivity index (χ0n) is 10.9. The molecule has 0 unspecified atom stereocenters. The molecule has 0 saturated carbocycles. The Balaban J connectivity index is 2.92. The van der Waals surface area contributed by atoms with Crippen LogP contribution in [-0.4, -0.2) is 38.5 Å². The van der Waals surface area contributed by atoms with Gasteiger partial charge in [0.2, 0.25) is 0 Å². The lowest BCUT2D eigenvalue weighted by Crippen LogP contribution is -2.02. The van der Waals surface area contributed by atoms with Crippen LogP contribution in [0, 0.1) is 0 Å². The molecule has 1 aromatic carbocycles. The highest BCUT2D eigenvalue weighted by Gasteiger charge is 2.04. The normalized spacial score (nSPS) is 10.6. The highest BCUT2D eigenvalue weighted by Crippen LogP contribution is 2.27. The Kier molecular flexibility index (Phi) is 5.33. The van der Waals surface area contributed by atoms with E-state index in [1.54, 1.807) is 11.2 Å². The fraction of sp³-hybridized carbons (Fsp3) is 0.462. The Hall–Kier alpha value is -1.71. The number of rotatable bonds is 6. The van der Waals surface area contributed by atoms with Gasteiger partial charge < -0.3 is 14.5 Å². The van der Waals surface area contributed by atoms with E-state index in [1.807, 2.05) is 46.1 Å². The monoisotopic (exact) mass is 236 g/mol. The first-order valence-electron chi connectivity index (χ1n) is 5.78. The van der Waals surface area contributed by atoms with Gasteiger partial charge in [-0.2, -0.15) is 5.10 Å². The lowest BCUT2D eigenvalue weighted by Gasteiger charge is -2.11. The van der Waals surface area contributed by atoms with E-state index in [2.05, 4.69) is 5.10 Å². The molecule has 0 heterocycles. The molecule has 4 heteroatoms. The van der Waals surface area contributed by atoms with Gasteiger partial charge in [0.15, 0.2) is 11.5 Å². The van der Waals surface area contributed by atoms with Gasteiger partial charge in [0.1, 0.15) is 0 Å². The van der Waals surface area contributed by atoms with Gasteiger partial charge in [-0.1, -0.05) is 0 Å². The van der Waals surface area contributed by atoms with Crippen LogP contribution in [0.25, 0.3) is 0 Å². The van der Waals surface area contributed by atoms with E-state index in [0.717, 1.165) is 17.1 Å². The first-order chi connectivity index (χ1) is 8.17. The van der Waals surface area contributed by atoms with Gasteiger partial charge >= 0.3 is 0 Å². The van der Waals surface area contributed by atoms with Crippen molar-refractivity contribution >= 4 is 6.21 Å². The molecule has 4 nitrogen and oxygen atoms in total. The molecule has 94 valence electrons. The summed E-state index contributed by atoms with van der Waals surface area (Å²) in [5.74, 6) is 1.54. The second kappa shape index (κ2) is 6.78. The second-order valence-electron chi connectivity index (χ2n) is 3.66. The lowest BCUT2D eigenvalue weighted by atomic mass is 10.2. The van der Waals surface area contributed by atoms with Gasteiger partial charge in [-0.25, -0.2) is 0 Å². The van der Waals surface area contributed by atoms with E-state index >= 15 is 0 Å². The molecular formula is C13H20N2O2. The second-order valence-corrected chi connectivity index (χ2v) is 3.66. The molecule has 0 fully saturated rings. The Morgan fingerprint density at radius 3 is 2.35 bits per heavy atom. The van der Waals surface area contributed by atoms with Crippen LogP contribution in [0.2, 0.25) is 0 Å². The lowest BCUT2D eigenvalue weighted by molar-refractivity contribution is 0.288. The summed E-state index contributed by atoms with van der Waals surface area (Å²) < 4.78 is 11.0. The molecule has 0 aliphatic carbocycles. The average Bonchev–Trinajstić information content (AvgIpc) is 2.30. The minimum atomic E-state index is 0.619. The number of hydrazone groups is 1. The molecule has 1 rings (SSSR count). The number of hydrogen-bond acceptors (Lipinski definition) is 4. The molecule has 17 heavy (non-hydrogen) atoms. The minimum absolute atomic E-state index is 0.619. The Labute approximate surface area is 103 Å². The van der Waals surface area contributed by atoms with Gasteiger partial charge in [0.25, 0.3) is 0 Å². The Morgan fingerprint density at radius 1 is 1.12 bits per heavy atom. The third-order valence-electron chi connectivity index (χ3n) is 2.01. The van der Waals surface area contributed by atoms with Crippen LogP contribution in [0.4, 0.5) is 0 Å². The SMILES string of the molecule is CCOc1ccc(C=NN(C)C)cc1OCC. The third kappa shape index (κ3) is 4.34. The van der Waals surface area contributed by atoms with Gasteiger partial charge in [0, 0.05) is 14.1 Å². The zero-order valence-corrected chi connectivity index (χ0v) is 10.9. The maximum atomic E-state index is 5.54. The average molecular weight is 236 g/mol. The van der Waals surface area contributed by atoms with E-state index in [4.69, 9.17) is 9.47 Å². The molecule has 0 amide bonds. The van der Waals surface area contributed by atoms with E-state index in [0.29, 0.717) is 13.2 Å². The molecule has 0 atom stereocenters. The van der Waals surface area contributed by atoms with Crippen molar-refractivity contribution in [2.24, 2.45) is 5.10 Å². The summed E-state index contributed by atoms with van der Waals surface area (Å²) in [6.07, 6.45) is 1.79. The maximum Gasteiger partial charge on any atom is 0.161 e. The van der Waals surface area contributed by atoms with Gasteiger partial charge in [-0.15, -0.1) is 0 Å². The predicted molar refractivity (Wildman–Crippen MR) is 70.1 cm³/mol. The fourth-order valence-corrected chi connectivity index (χ4v) is 1.33. The van der Waals surface area contributed by atoms with Crippen molar-refractivity contribution in [1.29, 1.82) is 0 Å². The highest BCUT2D eigenvalue weighted by atomic mass is 16.5. The van der Waals surface area contributed by atoms with Crippen LogP contribution in [0.1, 0.15) is 19.4 Å². The van der Waals surface area contributed by atoms with Crippen molar-refractivity contribution in [2.75, 3.05) is 27.3 Å². The summed E-state index contributed by atoms with van der Waals surface area (Å²) in [6, 6.07) is 5.80. The van der Waals surface area contributed by atoms with Gasteiger partial charge in [0.05, 0.1) is 19.4 Å². The highest BCUT2D eigenvalue weighted by molar-refractivity contribution is 5.80. The number of nitrogens with zero attached hydrogens (tertiary/aromatic N) is 2.